The number of rotatable bonds is 7. The summed E-state index contributed by atoms with van der Waals surface area (Å²) in [5.41, 5.74) is 1.32. The Kier molecular flexibility index (Phi) is 6.11. The highest BCUT2D eigenvalue weighted by atomic mass is 16.5. The zero-order valence-electron chi connectivity index (χ0n) is 15.9. The van der Waals surface area contributed by atoms with Crippen LogP contribution in [0, 0.1) is 0 Å². The van der Waals surface area contributed by atoms with Crippen LogP contribution in [-0.4, -0.2) is 49.1 Å². The third kappa shape index (κ3) is 3.77. The molecule has 6 heteroatoms. The van der Waals surface area contributed by atoms with E-state index in [9.17, 15) is 14.7 Å². The van der Waals surface area contributed by atoms with Crippen molar-refractivity contribution in [1.29, 1.82) is 0 Å². The summed E-state index contributed by atoms with van der Waals surface area (Å²) in [4.78, 5) is 27.0. The van der Waals surface area contributed by atoms with Gasteiger partial charge in [0.15, 0.2) is 0 Å². The summed E-state index contributed by atoms with van der Waals surface area (Å²) < 4.78 is 10.2. The van der Waals surface area contributed by atoms with Crippen molar-refractivity contribution in [3.8, 4) is 5.75 Å². The lowest BCUT2D eigenvalue weighted by atomic mass is 9.95. The Hall–Kier alpha value is -3.12. The van der Waals surface area contributed by atoms with Crippen LogP contribution in [0.25, 0.3) is 5.76 Å². The molecule has 1 fully saturated rings. The Bertz CT molecular complexity index is 874. The third-order valence-electron chi connectivity index (χ3n) is 4.77. The molecule has 2 aromatic carbocycles. The van der Waals surface area contributed by atoms with Gasteiger partial charge in [-0.05, 0) is 36.2 Å². The van der Waals surface area contributed by atoms with Crippen LogP contribution in [0.1, 0.15) is 23.6 Å². The van der Waals surface area contributed by atoms with Crippen molar-refractivity contribution in [2.45, 2.75) is 12.5 Å². The molecule has 0 radical (unpaired) electrons. The molecule has 1 N–H and O–H groups in total. The zero-order chi connectivity index (χ0) is 20.1. The molecule has 28 heavy (non-hydrogen) atoms. The van der Waals surface area contributed by atoms with Crippen LogP contribution >= 0.6 is 0 Å². The van der Waals surface area contributed by atoms with Crippen LogP contribution in [-0.2, 0) is 14.3 Å². The second-order valence-electron chi connectivity index (χ2n) is 6.48. The molecule has 0 spiro atoms. The minimum Gasteiger partial charge on any atom is -0.507 e. The first-order valence-electron chi connectivity index (χ1n) is 9.05. The molecule has 0 aliphatic carbocycles. The molecule has 146 valence electrons. The minimum absolute atomic E-state index is 0.0961. The van der Waals surface area contributed by atoms with Gasteiger partial charge in [-0.2, -0.15) is 0 Å². The molecule has 0 bridgehead atoms. The lowest BCUT2D eigenvalue weighted by Gasteiger charge is -2.25. The fourth-order valence-corrected chi connectivity index (χ4v) is 3.38. The second-order valence-corrected chi connectivity index (χ2v) is 6.48. The van der Waals surface area contributed by atoms with E-state index in [4.69, 9.17) is 9.47 Å². The monoisotopic (exact) mass is 381 g/mol. The molecular formula is C22H23NO5. The van der Waals surface area contributed by atoms with E-state index in [1.807, 2.05) is 30.3 Å². The van der Waals surface area contributed by atoms with Crippen LogP contribution in [0.2, 0.25) is 0 Å². The molecule has 0 unspecified atom stereocenters. The minimum atomic E-state index is -0.681. The van der Waals surface area contributed by atoms with Crippen molar-refractivity contribution in [1.82, 2.24) is 4.90 Å². The van der Waals surface area contributed by atoms with E-state index in [0.717, 1.165) is 5.56 Å². The fraction of sp³-hybridized carbons (Fsp3) is 0.273. The standard InChI is InChI=1S/C22H23NO5/c1-27-14-6-13-23-19(15-7-4-3-5-8-15)18(21(25)22(23)26)20(24)16-9-11-17(28-2)12-10-16/h3-5,7-12,19,24H,6,13-14H2,1-2H3/t19-/m1/s1. The second kappa shape index (κ2) is 8.71. The van der Waals surface area contributed by atoms with Gasteiger partial charge in [0, 0.05) is 25.8 Å². The third-order valence-corrected chi connectivity index (χ3v) is 4.77. The van der Waals surface area contributed by atoms with Gasteiger partial charge in [-0.15, -0.1) is 0 Å². The first kappa shape index (κ1) is 19.6. The van der Waals surface area contributed by atoms with Crippen molar-refractivity contribution in [3.63, 3.8) is 0 Å². The van der Waals surface area contributed by atoms with E-state index >= 15 is 0 Å². The van der Waals surface area contributed by atoms with E-state index in [2.05, 4.69) is 0 Å². The maximum Gasteiger partial charge on any atom is 0.295 e. The Labute approximate surface area is 164 Å². The highest BCUT2D eigenvalue weighted by Crippen LogP contribution is 2.39. The molecule has 2 aromatic rings. The Balaban J connectivity index is 2.07. The summed E-state index contributed by atoms with van der Waals surface area (Å²) >= 11 is 0. The van der Waals surface area contributed by atoms with Crippen molar-refractivity contribution in [2.75, 3.05) is 27.4 Å². The SMILES string of the molecule is COCCCN1C(=O)C(=O)C(=C(O)c2ccc(OC)cc2)[C@H]1c1ccccc1. The van der Waals surface area contributed by atoms with Gasteiger partial charge in [-0.3, -0.25) is 9.59 Å². The number of ketones is 1. The largest absolute Gasteiger partial charge is 0.507 e. The molecule has 1 aliphatic rings. The molecule has 3 rings (SSSR count). The van der Waals surface area contributed by atoms with E-state index < -0.39 is 17.7 Å². The summed E-state index contributed by atoms with van der Waals surface area (Å²) in [5.74, 6) is -0.847. The Morgan fingerprint density at radius 2 is 1.71 bits per heavy atom. The van der Waals surface area contributed by atoms with Gasteiger partial charge in [-0.25, -0.2) is 0 Å². The number of aliphatic hydroxyl groups excluding tert-OH is 1. The van der Waals surface area contributed by atoms with E-state index in [-0.39, 0.29) is 11.3 Å². The van der Waals surface area contributed by atoms with Crippen LogP contribution < -0.4 is 4.74 Å². The number of carbonyl (C=O) groups excluding carboxylic acids is 2. The number of likely N-dealkylation sites (tertiary alicyclic amines) is 1. The summed E-state index contributed by atoms with van der Waals surface area (Å²) in [6.07, 6.45) is 0.593. The Morgan fingerprint density at radius 3 is 2.32 bits per heavy atom. The summed E-state index contributed by atoms with van der Waals surface area (Å²) in [6, 6.07) is 15.3. The van der Waals surface area contributed by atoms with Crippen molar-refractivity contribution >= 4 is 17.4 Å². The molecule has 1 heterocycles. The first-order chi connectivity index (χ1) is 13.6. The maximum atomic E-state index is 12.8. The smallest absolute Gasteiger partial charge is 0.295 e. The van der Waals surface area contributed by atoms with Crippen LogP contribution in [0.5, 0.6) is 5.75 Å². The lowest BCUT2D eigenvalue weighted by molar-refractivity contribution is -0.140. The van der Waals surface area contributed by atoms with Gasteiger partial charge in [0.05, 0.1) is 18.7 Å². The highest BCUT2D eigenvalue weighted by molar-refractivity contribution is 6.46. The lowest BCUT2D eigenvalue weighted by Crippen LogP contribution is -2.31. The van der Waals surface area contributed by atoms with E-state index in [1.54, 1.807) is 38.5 Å². The predicted octanol–water partition coefficient (Wildman–Crippen LogP) is 3.15. The van der Waals surface area contributed by atoms with Crippen LogP contribution in [0.3, 0.4) is 0 Å². The number of Topliss-reactive ketones (excluding diaryl/α,β-unsaturated/α-hetero) is 1. The summed E-state index contributed by atoms with van der Waals surface area (Å²) in [5, 5.41) is 10.9. The fourth-order valence-electron chi connectivity index (χ4n) is 3.38. The number of benzene rings is 2. The van der Waals surface area contributed by atoms with Gasteiger partial charge in [0.2, 0.25) is 0 Å². The highest BCUT2D eigenvalue weighted by Gasteiger charge is 2.45. The average molecular weight is 381 g/mol. The molecule has 0 aromatic heterocycles. The molecule has 6 nitrogen and oxygen atoms in total. The molecular weight excluding hydrogens is 358 g/mol. The average Bonchev–Trinajstić information content (AvgIpc) is 2.99. The predicted molar refractivity (Wildman–Crippen MR) is 105 cm³/mol. The number of carbonyl (C=O) groups is 2. The number of amides is 1. The molecule has 1 saturated heterocycles. The van der Waals surface area contributed by atoms with Gasteiger partial charge < -0.3 is 19.5 Å². The van der Waals surface area contributed by atoms with Gasteiger partial charge in [-0.1, -0.05) is 30.3 Å². The van der Waals surface area contributed by atoms with Crippen LogP contribution in [0.4, 0.5) is 0 Å². The van der Waals surface area contributed by atoms with Crippen molar-refractivity contribution in [3.05, 3.63) is 71.3 Å². The number of methoxy groups -OCH3 is 2. The van der Waals surface area contributed by atoms with Gasteiger partial charge >= 0.3 is 0 Å². The summed E-state index contributed by atoms with van der Waals surface area (Å²) in [7, 11) is 3.14. The number of aliphatic hydroxyl groups is 1. The van der Waals surface area contributed by atoms with Crippen LogP contribution in [0.15, 0.2) is 60.2 Å². The zero-order valence-corrected chi connectivity index (χ0v) is 15.9. The van der Waals surface area contributed by atoms with Gasteiger partial charge in [0.1, 0.15) is 11.5 Å². The quantitative estimate of drug-likeness (QED) is 0.345. The molecule has 1 aliphatic heterocycles. The first-order valence-corrected chi connectivity index (χ1v) is 9.05. The van der Waals surface area contributed by atoms with E-state index in [0.29, 0.717) is 30.9 Å². The maximum absolute atomic E-state index is 12.8. The van der Waals surface area contributed by atoms with Crippen molar-refractivity contribution < 1.29 is 24.2 Å². The van der Waals surface area contributed by atoms with E-state index in [1.165, 1.54) is 4.90 Å². The normalized spacial score (nSPS) is 18.5. The topological polar surface area (TPSA) is 76.1 Å². The number of nitrogens with zero attached hydrogens (tertiary/aromatic N) is 1. The number of hydrogen-bond acceptors (Lipinski definition) is 5. The van der Waals surface area contributed by atoms with Crippen molar-refractivity contribution in [2.24, 2.45) is 0 Å². The Morgan fingerprint density at radius 1 is 1.04 bits per heavy atom. The number of ether oxygens (including phenoxy) is 2. The molecule has 0 saturated carbocycles. The molecule has 1 amide bonds. The number of hydrogen-bond donors (Lipinski definition) is 1. The molecule has 1 atom stereocenters. The summed E-state index contributed by atoms with van der Waals surface area (Å²) in [6.45, 7) is 0.834. The van der Waals surface area contributed by atoms with Gasteiger partial charge in [0.25, 0.3) is 11.7 Å².